The molecule has 0 radical (unpaired) electrons. The molecule has 0 aliphatic rings. The Labute approximate surface area is 194 Å². The molecule has 7 nitrogen and oxygen atoms in total. The van der Waals surface area contributed by atoms with E-state index < -0.39 is 11.9 Å². The fraction of sp³-hybridized carbons (Fsp3) is 0.458. The maximum Gasteiger partial charge on any atom is 0.328 e. The average molecular weight is 462 g/mol. The van der Waals surface area contributed by atoms with E-state index in [0.29, 0.717) is 17.3 Å². The summed E-state index contributed by atoms with van der Waals surface area (Å²) >= 11 is 1.65. The lowest BCUT2D eigenvalue weighted by Gasteiger charge is -2.21. The van der Waals surface area contributed by atoms with E-state index >= 15 is 0 Å². The van der Waals surface area contributed by atoms with Crippen molar-refractivity contribution >= 4 is 28.4 Å². The highest BCUT2D eigenvalue weighted by Crippen LogP contribution is 2.21. The molecule has 0 bridgehead atoms. The minimum Gasteiger partial charge on any atom is -0.478 e. The van der Waals surface area contributed by atoms with Crippen molar-refractivity contribution in [2.75, 3.05) is 25.4 Å². The molecule has 0 atom stereocenters. The molecule has 32 heavy (non-hydrogen) atoms. The minimum atomic E-state index is -1.26. The number of hydrogen-bond donors (Lipinski definition) is 3. The van der Waals surface area contributed by atoms with Crippen LogP contribution < -0.4 is 5.73 Å². The minimum absolute atomic E-state index is 0.558. The summed E-state index contributed by atoms with van der Waals surface area (Å²) in [7, 11) is 0. The molecule has 0 unspecified atom stereocenters. The summed E-state index contributed by atoms with van der Waals surface area (Å²) in [4.78, 5) is 27.4. The Morgan fingerprint density at radius 3 is 2.19 bits per heavy atom. The Hall–Kier alpha value is -2.71. The van der Waals surface area contributed by atoms with Gasteiger partial charge in [-0.3, -0.25) is 0 Å². The van der Waals surface area contributed by atoms with E-state index in [-0.39, 0.29) is 0 Å². The van der Waals surface area contributed by atoms with Crippen LogP contribution in [-0.2, 0) is 22.4 Å². The fourth-order valence-electron chi connectivity index (χ4n) is 3.21. The quantitative estimate of drug-likeness (QED) is 0.299. The summed E-state index contributed by atoms with van der Waals surface area (Å²) in [5.74, 6) is -2.51. The SMILES string of the molecule is CCCN(CCCCCc1sc(N)nc1C)CCc1ccccc1.O=C(O)/C=C/C(=O)O. The number of benzene rings is 1. The molecule has 2 aromatic rings. The predicted molar refractivity (Wildman–Crippen MR) is 130 cm³/mol. The molecule has 0 amide bonds. The van der Waals surface area contributed by atoms with Crippen LogP contribution in [0.3, 0.4) is 0 Å². The van der Waals surface area contributed by atoms with Crippen molar-refractivity contribution in [1.82, 2.24) is 9.88 Å². The van der Waals surface area contributed by atoms with Gasteiger partial charge in [0.05, 0.1) is 5.69 Å². The van der Waals surface area contributed by atoms with E-state index in [9.17, 15) is 9.59 Å². The largest absolute Gasteiger partial charge is 0.478 e. The molecule has 0 spiro atoms. The van der Waals surface area contributed by atoms with Crippen LogP contribution in [0.5, 0.6) is 0 Å². The van der Waals surface area contributed by atoms with Crippen LogP contribution in [0.1, 0.15) is 48.7 Å². The van der Waals surface area contributed by atoms with E-state index in [2.05, 4.69) is 54.1 Å². The van der Waals surface area contributed by atoms with E-state index in [1.54, 1.807) is 11.3 Å². The normalized spacial score (nSPS) is 10.8. The summed E-state index contributed by atoms with van der Waals surface area (Å²) < 4.78 is 0. The molecule has 2 rings (SSSR count). The van der Waals surface area contributed by atoms with Gasteiger partial charge < -0.3 is 20.8 Å². The standard InChI is InChI=1S/C20H31N3S.C4H4O4/c1-3-14-23(16-13-18-10-6-4-7-11-18)15-9-5-8-12-19-17(2)22-20(21)24-19;5-3(6)1-2-4(7)8/h4,6-7,10-11H,3,5,8-9,12-16H2,1-2H3,(H2,21,22);1-2H,(H,5,6)(H,7,8)/b;2-1+. The van der Waals surface area contributed by atoms with Crippen molar-refractivity contribution in [2.24, 2.45) is 0 Å². The number of carbonyl (C=O) groups is 2. The third-order valence-corrected chi connectivity index (χ3v) is 5.80. The van der Waals surface area contributed by atoms with Crippen LogP contribution in [0.15, 0.2) is 42.5 Å². The Morgan fingerprint density at radius 2 is 1.66 bits per heavy atom. The number of aromatic nitrogens is 1. The van der Waals surface area contributed by atoms with Crippen LogP contribution in [-0.4, -0.2) is 51.7 Å². The molecule has 176 valence electrons. The van der Waals surface area contributed by atoms with Gasteiger partial charge in [0.1, 0.15) is 0 Å². The van der Waals surface area contributed by atoms with Crippen LogP contribution >= 0.6 is 11.3 Å². The highest BCUT2D eigenvalue weighted by molar-refractivity contribution is 7.15. The summed E-state index contributed by atoms with van der Waals surface area (Å²) in [5, 5.41) is 16.3. The number of nitrogen functional groups attached to an aromatic ring is 1. The maximum atomic E-state index is 9.55. The highest BCUT2D eigenvalue weighted by Gasteiger charge is 2.06. The molecule has 1 aromatic carbocycles. The number of unbranched alkanes of at least 4 members (excludes halogenated alkanes) is 2. The van der Waals surface area contributed by atoms with Gasteiger partial charge in [-0.25, -0.2) is 14.6 Å². The van der Waals surface area contributed by atoms with E-state index in [0.717, 1.165) is 18.5 Å². The number of carboxylic acids is 2. The number of rotatable bonds is 13. The zero-order chi connectivity index (χ0) is 23.8. The lowest BCUT2D eigenvalue weighted by Crippen LogP contribution is -2.28. The Kier molecular flexibility index (Phi) is 13.7. The van der Waals surface area contributed by atoms with E-state index in [4.69, 9.17) is 15.9 Å². The highest BCUT2D eigenvalue weighted by atomic mass is 32.1. The van der Waals surface area contributed by atoms with Crippen LogP contribution in [0, 0.1) is 6.92 Å². The molecule has 1 aromatic heterocycles. The van der Waals surface area contributed by atoms with Gasteiger partial charge >= 0.3 is 11.9 Å². The molecule has 8 heteroatoms. The smallest absolute Gasteiger partial charge is 0.328 e. The first-order valence-electron chi connectivity index (χ1n) is 10.9. The molecule has 0 fully saturated rings. The van der Waals surface area contributed by atoms with Gasteiger partial charge in [0, 0.05) is 23.6 Å². The summed E-state index contributed by atoms with van der Waals surface area (Å²) in [6.07, 6.45) is 8.42. The van der Waals surface area contributed by atoms with Gasteiger partial charge in [-0.1, -0.05) is 43.7 Å². The number of hydrogen-bond acceptors (Lipinski definition) is 6. The van der Waals surface area contributed by atoms with Crippen molar-refractivity contribution in [3.8, 4) is 0 Å². The first kappa shape index (κ1) is 27.3. The zero-order valence-corrected chi connectivity index (χ0v) is 19.8. The van der Waals surface area contributed by atoms with Crippen molar-refractivity contribution in [1.29, 1.82) is 0 Å². The number of aliphatic carboxylic acids is 2. The Morgan fingerprint density at radius 1 is 1.00 bits per heavy atom. The Balaban J connectivity index is 0.000000547. The van der Waals surface area contributed by atoms with Crippen LogP contribution in [0.4, 0.5) is 5.13 Å². The predicted octanol–water partition coefficient (Wildman–Crippen LogP) is 4.41. The average Bonchev–Trinajstić information content (AvgIpc) is 3.08. The van der Waals surface area contributed by atoms with E-state index in [1.807, 2.05) is 0 Å². The molecule has 0 saturated heterocycles. The van der Waals surface area contributed by atoms with Crippen molar-refractivity contribution in [2.45, 2.75) is 52.4 Å². The van der Waals surface area contributed by atoms with Crippen LogP contribution in [0.25, 0.3) is 0 Å². The second-order valence-corrected chi connectivity index (χ2v) is 8.57. The number of thiazole rings is 1. The first-order chi connectivity index (χ1) is 15.3. The number of nitrogens with two attached hydrogens (primary N) is 1. The van der Waals surface area contributed by atoms with Crippen molar-refractivity contribution in [3.05, 3.63) is 58.6 Å². The lowest BCUT2D eigenvalue weighted by molar-refractivity contribution is -0.134. The fourth-order valence-corrected chi connectivity index (χ4v) is 4.08. The third-order valence-electron chi connectivity index (χ3n) is 4.76. The molecule has 0 aliphatic carbocycles. The number of carboxylic acid groups (broad SMARTS) is 2. The molecule has 0 saturated carbocycles. The molecule has 4 N–H and O–H groups in total. The first-order valence-corrected chi connectivity index (χ1v) is 11.8. The summed E-state index contributed by atoms with van der Waals surface area (Å²) in [5.41, 5.74) is 8.32. The Bertz CT molecular complexity index is 821. The second-order valence-electron chi connectivity index (χ2n) is 7.46. The zero-order valence-electron chi connectivity index (χ0n) is 19.0. The molecule has 0 aliphatic heterocycles. The molecule has 1 heterocycles. The van der Waals surface area contributed by atoms with Crippen molar-refractivity contribution < 1.29 is 19.8 Å². The monoisotopic (exact) mass is 461 g/mol. The lowest BCUT2D eigenvalue weighted by atomic mass is 10.1. The van der Waals surface area contributed by atoms with Gasteiger partial charge in [-0.2, -0.15) is 0 Å². The maximum absolute atomic E-state index is 9.55. The van der Waals surface area contributed by atoms with Gasteiger partial charge in [0.25, 0.3) is 0 Å². The second kappa shape index (κ2) is 16.0. The van der Waals surface area contributed by atoms with Gasteiger partial charge in [-0.05, 0) is 57.7 Å². The topological polar surface area (TPSA) is 117 Å². The summed E-state index contributed by atoms with van der Waals surface area (Å²) in [6, 6.07) is 10.8. The van der Waals surface area contributed by atoms with Crippen LogP contribution in [0.2, 0.25) is 0 Å². The van der Waals surface area contributed by atoms with Gasteiger partial charge in [0.15, 0.2) is 5.13 Å². The number of anilines is 1. The van der Waals surface area contributed by atoms with Crippen molar-refractivity contribution in [3.63, 3.8) is 0 Å². The van der Waals surface area contributed by atoms with Gasteiger partial charge in [0.2, 0.25) is 0 Å². The molecular formula is C24H35N3O4S. The third kappa shape index (κ3) is 12.9. The van der Waals surface area contributed by atoms with E-state index in [1.165, 1.54) is 55.8 Å². The number of nitrogens with zero attached hydrogens (tertiary/aromatic N) is 2. The van der Waals surface area contributed by atoms with Gasteiger partial charge in [-0.15, -0.1) is 11.3 Å². The molecular weight excluding hydrogens is 426 g/mol. The number of aryl methyl sites for hydroxylation is 2. The summed E-state index contributed by atoms with van der Waals surface area (Å²) in [6.45, 7) is 7.92.